The van der Waals surface area contributed by atoms with Gasteiger partial charge in [-0.05, 0) is 13.0 Å². The van der Waals surface area contributed by atoms with Gasteiger partial charge in [0.25, 0.3) is 10.0 Å². The van der Waals surface area contributed by atoms with Crippen LogP contribution in [0.2, 0.25) is 5.02 Å². The number of aryl methyl sites for hydroxylation is 1. The third-order valence-electron chi connectivity index (χ3n) is 2.32. The number of aromatic carboxylic acids is 1. The molecule has 8 nitrogen and oxygen atoms in total. The van der Waals surface area contributed by atoms with Crippen LogP contribution >= 0.6 is 11.6 Å². The van der Waals surface area contributed by atoms with Crippen LogP contribution in [0, 0.1) is 6.92 Å². The first-order valence-electron chi connectivity index (χ1n) is 5.24. The van der Waals surface area contributed by atoms with Crippen molar-refractivity contribution < 1.29 is 18.3 Å². The molecule has 0 saturated heterocycles. The lowest BCUT2D eigenvalue weighted by molar-refractivity contribution is 0.0686. The zero-order valence-electron chi connectivity index (χ0n) is 10.1. The first-order valence-corrected chi connectivity index (χ1v) is 7.10. The van der Waals surface area contributed by atoms with Gasteiger partial charge in [-0.25, -0.2) is 18.2 Å². The number of nitrogens with one attached hydrogen (secondary N) is 2. The standard InChI is InChI=1S/C10H9ClN4O4S/c1-5-9(8(10(16)17)14-13-5)20(18,19)15-7-4-6(11)2-3-12-7/h2-4H,1H3,(H,12,15)(H,13,14)(H,16,17). The van der Waals surface area contributed by atoms with Gasteiger partial charge in [-0.3, -0.25) is 9.82 Å². The van der Waals surface area contributed by atoms with Crippen molar-refractivity contribution >= 4 is 33.4 Å². The highest BCUT2D eigenvalue weighted by atomic mass is 35.5. The van der Waals surface area contributed by atoms with E-state index in [1.807, 2.05) is 0 Å². The number of carboxylic acid groups (broad SMARTS) is 1. The van der Waals surface area contributed by atoms with Gasteiger partial charge in [0.05, 0.1) is 5.69 Å². The van der Waals surface area contributed by atoms with Gasteiger partial charge in [0.1, 0.15) is 10.7 Å². The van der Waals surface area contributed by atoms with Gasteiger partial charge in [-0.15, -0.1) is 0 Å². The number of sulfonamides is 1. The van der Waals surface area contributed by atoms with Crippen LogP contribution < -0.4 is 4.72 Å². The lowest BCUT2D eigenvalue weighted by atomic mass is 10.4. The number of nitrogens with zero attached hydrogens (tertiary/aromatic N) is 2. The fourth-order valence-corrected chi connectivity index (χ4v) is 3.03. The molecule has 0 aliphatic rings. The maximum atomic E-state index is 12.2. The molecule has 3 N–H and O–H groups in total. The van der Waals surface area contributed by atoms with E-state index in [4.69, 9.17) is 16.7 Å². The van der Waals surface area contributed by atoms with Gasteiger partial charge in [-0.2, -0.15) is 5.10 Å². The van der Waals surface area contributed by atoms with Crippen LogP contribution in [0.5, 0.6) is 0 Å². The minimum atomic E-state index is -4.14. The van der Waals surface area contributed by atoms with Gasteiger partial charge in [-0.1, -0.05) is 11.6 Å². The number of rotatable bonds is 4. The number of halogens is 1. The van der Waals surface area contributed by atoms with Crippen LogP contribution in [0.15, 0.2) is 23.2 Å². The molecule has 10 heteroatoms. The highest BCUT2D eigenvalue weighted by Gasteiger charge is 2.28. The number of carboxylic acids is 1. The van der Waals surface area contributed by atoms with Crippen LogP contribution in [-0.4, -0.2) is 34.7 Å². The van der Waals surface area contributed by atoms with Gasteiger partial charge >= 0.3 is 5.97 Å². The Bertz CT molecular complexity index is 771. The summed E-state index contributed by atoms with van der Waals surface area (Å²) in [5, 5.41) is 15.0. The molecule has 0 saturated carbocycles. The van der Waals surface area contributed by atoms with Gasteiger partial charge in [0.15, 0.2) is 5.69 Å². The highest BCUT2D eigenvalue weighted by Crippen LogP contribution is 2.21. The molecule has 0 atom stereocenters. The fraction of sp³-hybridized carbons (Fsp3) is 0.100. The molecular formula is C10H9ClN4O4S. The molecule has 2 aromatic rings. The smallest absolute Gasteiger partial charge is 0.357 e. The summed E-state index contributed by atoms with van der Waals surface area (Å²) in [6.07, 6.45) is 1.32. The SMILES string of the molecule is Cc1[nH]nc(C(=O)O)c1S(=O)(=O)Nc1cc(Cl)ccn1. The average Bonchev–Trinajstić information content (AvgIpc) is 2.71. The molecule has 2 heterocycles. The Kier molecular flexibility index (Phi) is 3.64. The monoisotopic (exact) mass is 316 g/mol. The molecule has 2 rings (SSSR count). The predicted octanol–water partition coefficient (Wildman–Crippen LogP) is 1.27. The number of pyridine rings is 1. The average molecular weight is 317 g/mol. The molecule has 0 amide bonds. The molecular weight excluding hydrogens is 308 g/mol. The van der Waals surface area contributed by atoms with Gasteiger partial charge < -0.3 is 5.11 Å². The molecule has 0 aromatic carbocycles. The zero-order chi connectivity index (χ0) is 14.9. The second-order valence-electron chi connectivity index (χ2n) is 3.80. The molecule has 0 fully saturated rings. The summed E-state index contributed by atoms with van der Waals surface area (Å²) in [6, 6.07) is 2.78. The third kappa shape index (κ3) is 2.73. The molecule has 0 unspecified atom stereocenters. The second kappa shape index (κ2) is 5.10. The van der Waals surface area contributed by atoms with Crippen LogP contribution in [0.3, 0.4) is 0 Å². The van der Waals surface area contributed by atoms with Crippen molar-refractivity contribution in [1.82, 2.24) is 15.2 Å². The Morgan fingerprint density at radius 3 is 2.80 bits per heavy atom. The molecule has 0 spiro atoms. The second-order valence-corrected chi connectivity index (χ2v) is 5.85. The Morgan fingerprint density at radius 2 is 2.20 bits per heavy atom. The molecule has 2 aromatic heterocycles. The number of hydrogen-bond acceptors (Lipinski definition) is 5. The van der Waals surface area contributed by atoms with E-state index in [0.717, 1.165) is 0 Å². The zero-order valence-corrected chi connectivity index (χ0v) is 11.7. The summed E-state index contributed by atoms with van der Waals surface area (Å²) < 4.78 is 26.6. The molecule has 0 radical (unpaired) electrons. The van der Waals surface area contributed by atoms with E-state index in [1.165, 1.54) is 25.3 Å². The lowest BCUT2D eigenvalue weighted by Gasteiger charge is -2.07. The molecule has 0 aliphatic carbocycles. The van der Waals surface area contributed by atoms with E-state index in [2.05, 4.69) is 19.9 Å². The summed E-state index contributed by atoms with van der Waals surface area (Å²) in [6.45, 7) is 1.40. The highest BCUT2D eigenvalue weighted by molar-refractivity contribution is 7.92. The maximum Gasteiger partial charge on any atom is 0.357 e. The number of carbonyl (C=O) groups is 1. The van der Waals surface area contributed by atoms with E-state index >= 15 is 0 Å². The van der Waals surface area contributed by atoms with Crippen molar-refractivity contribution in [3.63, 3.8) is 0 Å². The number of H-pyrrole nitrogens is 1. The van der Waals surface area contributed by atoms with E-state index in [9.17, 15) is 13.2 Å². The number of aromatic nitrogens is 3. The summed E-state index contributed by atoms with van der Waals surface area (Å²) in [5.41, 5.74) is -0.478. The Balaban J connectivity index is 2.46. The third-order valence-corrected chi connectivity index (χ3v) is 4.07. The van der Waals surface area contributed by atoms with Crippen molar-refractivity contribution in [3.8, 4) is 0 Å². The van der Waals surface area contributed by atoms with Crippen molar-refractivity contribution in [3.05, 3.63) is 34.7 Å². The van der Waals surface area contributed by atoms with Crippen LogP contribution in [0.4, 0.5) is 5.82 Å². The Hall–Kier alpha value is -2.13. The van der Waals surface area contributed by atoms with Crippen molar-refractivity contribution in [1.29, 1.82) is 0 Å². The predicted molar refractivity (Wildman–Crippen MR) is 70.3 cm³/mol. The summed E-state index contributed by atoms with van der Waals surface area (Å²) in [7, 11) is -4.14. The minimum absolute atomic E-state index is 0.0190. The lowest BCUT2D eigenvalue weighted by Crippen LogP contribution is -2.17. The molecule has 106 valence electrons. The first kappa shape index (κ1) is 14.3. The minimum Gasteiger partial charge on any atom is -0.476 e. The molecule has 0 bridgehead atoms. The summed E-state index contributed by atoms with van der Waals surface area (Å²) >= 11 is 5.72. The van der Waals surface area contributed by atoms with E-state index in [0.29, 0.717) is 5.02 Å². The van der Waals surface area contributed by atoms with Gasteiger partial charge in [0, 0.05) is 17.3 Å². The van der Waals surface area contributed by atoms with E-state index in [-0.39, 0.29) is 11.5 Å². The Morgan fingerprint density at radius 1 is 1.50 bits per heavy atom. The fourth-order valence-electron chi connectivity index (χ4n) is 1.54. The number of anilines is 1. The van der Waals surface area contributed by atoms with E-state index in [1.54, 1.807) is 0 Å². The van der Waals surface area contributed by atoms with Crippen molar-refractivity contribution in [2.45, 2.75) is 11.8 Å². The summed E-state index contributed by atoms with van der Waals surface area (Å²) in [4.78, 5) is 14.3. The van der Waals surface area contributed by atoms with Crippen LogP contribution in [0.1, 0.15) is 16.2 Å². The Labute approximate surface area is 118 Å². The van der Waals surface area contributed by atoms with E-state index < -0.39 is 26.6 Å². The summed E-state index contributed by atoms with van der Waals surface area (Å²) in [5.74, 6) is -1.47. The topological polar surface area (TPSA) is 125 Å². The number of hydrogen-bond donors (Lipinski definition) is 3. The normalized spacial score (nSPS) is 11.3. The van der Waals surface area contributed by atoms with Gasteiger partial charge in [0.2, 0.25) is 0 Å². The quantitative estimate of drug-likeness (QED) is 0.780. The van der Waals surface area contributed by atoms with Crippen molar-refractivity contribution in [2.75, 3.05) is 4.72 Å². The first-order chi connectivity index (χ1) is 9.31. The largest absolute Gasteiger partial charge is 0.476 e. The molecule has 20 heavy (non-hydrogen) atoms. The maximum absolute atomic E-state index is 12.2. The van der Waals surface area contributed by atoms with Crippen molar-refractivity contribution in [2.24, 2.45) is 0 Å². The van der Waals surface area contributed by atoms with Crippen LogP contribution in [-0.2, 0) is 10.0 Å². The van der Waals surface area contributed by atoms with Crippen LogP contribution in [0.25, 0.3) is 0 Å². The molecule has 0 aliphatic heterocycles. The number of aromatic amines is 1.